The summed E-state index contributed by atoms with van der Waals surface area (Å²) in [5, 5.41) is 0.511. The van der Waals surface area contributed by atoms with Gasteiger partial charge in [0.2, 0.25) is 5.82 Å². The van der Waals surface area contributed by atoms with Gasteiger partial charge in [0.1, 0.15) is 41.5 Å². The van der Waals surface area contributed by atoms with Crippen molar-refractivity contribution < 1.29 is 44.3 Å². The van der Waals surface area contributed by atoms with E-state index in [0.717, 1.165) is 12.1 Å². The Morgan fingerprint density at radius 1 is 0.500 bits per heavy atom. The van der Waals surface area contributed by atoms with Crippen molar-refractivity contribution in [1.29, 1.82) is 0 Å². The van der Waals surface area contributed by atoms with Crippen LogP contribution in [-0.2, 0) is 0 Å². The highest BCUT2D eigenvalue weighted by molar-refractivity contribution is 7.06. The maximum atomic E-state index is 15.5. The number of hydrogen-bond donors (Lipinski definition) is 0. The summed E-state index contributed by atoms with van der Waals surface area (Å²) >= 11 is 0. The van der Waals surface area contributed by atoms with Crippen LogP contribution in [0.2, 0.25) is 39.3 Å². The van der Waals surface area contributed by atoms with Crippen molar-refractivity contribution in [3.8, 4) is 11.5 Å². The van der Waals surface area contributed by atoms with Crippen LogP contribution in [0, 0.1) is 59.3 Å². The molecule has 4 aromatic carbocycles. The molecule has 1 nitrogen and oxygen atoms in total. The Hall–Kier alpha value is -3.30. The molecule has 4 aromatic rings. The molecule has 0 saturated carbocycles. The molecule has 0 fully saturated rings. The van der Waals surface area contributed by atoms with Crippen LogP contribution in [0.1, 0.15) is 5.56 Å². The Morgan fingerprint density at radius 2 is 0.841 bits per heavy atom. The Morgan fingerprint density at radius 3 is 1.25 bits per heavy atom. The molecule has 13 heteroatoms. The molecule has 0 aliphatic carbocycles. The van der Waals surface area contributed by atoms with E-state index in [9.17, 15) is 22.0 Å². The quantitative estimate of drug-likeness (QED) is 0.115. The van der Waals surface area contributed by atoms with E-state index >= 15 is 17.6 Å². The highest BCUT2D eigenvalue weighted by atomic mass is 28.3. The molecule has 0 aromatic heterocycles. The highest BCUT2D eigenvalue weighted by Crippen LogP contribution is 2.32. The van der Waals surface area contributed by atoms with E-state index in [4.69, 9.17) is 4.74 Å². The van der Waals surface area contributed by atoms with Gasteiger partial charge >= 0.3 is 0 Å². The summed E-state index contributed by atoms with van der Waals surface area (Å²) in [6.07, 6.45) is 0. The number of ether oxygens (including phenoxy) is 1. The Balaban J connectivity index is 1.78. The number of rotatable bonds is 4. The Kier molecular flexibility index (Phi) is 7.57. The Bertz CT molecular complexity index is 1700. The molecule has 1 aliphatic rings. The summed E-state index contributed by atoms with van der Waals surface area (Å²) in [5.41, 5.74) is -0.664. The van der Waals surface area contributed by atoms with Crippen LogP contribution in [0.4, 0.5) is 39.5 Å². The molecule has 0 saturated heterocycles. The molecule has 0 amide bonds. The normalized spacial score (nSPS) is 14.3. The first-order chi connectivity index (χ1) is 20.3. The molecule has 0 bridgehead atoms. The monoisotopic (exact) mass is 670 g/mol. The van der Waals surface area contributed by atoms with Crippen molar-refractivity contribution in [3.63, 3.8) is 0 Å². The van der Waals surface area contributed by atoms with Gasteiger partial charge in [-0.15, -0.1) is 0 Å². The van der Waals surface area contributed by atoms with Crippen LogP contribution >= 0.6 is 0 Å². The maximum absolute atomic E-state index is 15.5. The minimum atomic E-state index is -3.76. The topological polar surface area (TPSA) is 9.23 Å². The third-order valence-electron chi connectivity index (χ3n) is 8.87. The van der Waals surface area contributed by atoms with Crippen molar-refractivity contribution in [2.45, 2.75) is 46.2 Å². The van der Waals surface area contributed by atoms with Gasteiger partial charge in [-0.2, -0.15) is 0 Å². The Labute approximate surface area is 251 Å². The zero-order valence-electron chi connectivity index (χ0n) is 24.8. The second-order valence-corrected chi connectivity index (χ2v) is 25.4. The molecule has 0 radical (unpaired) electrons. The van der Waals surface area contributed by atoms with Gasteiger partial charge in [-0.05, 0) is 27.7 Å². The SMILES string of the molecule is Cc1c(F)c(F)c(F)c([Si](C)(C)c2cccc3c2Oc2c(cccc2[Si](C)(C)c2c(F)c(F)c(F)c(F)c2F)[Si]3(C)C)c1F. The fraction of sp³-hybridized carbons (Fsp3) is 0.226. The molecule has 1 aliphatic heterocycles. The molecule has 232 valence electrons. The van der Waals surface area contributed by atoms with Gasteiger partial charge in [-0.3, -0.25) is 0 Å². The highest BCUT2D eigenvalue weighted by Gasteiger charge is 2.46. The van der Waals surface area contributed by atoms with Crippen LogP contribution in [-0.4, -0.2) is 24.2 Å². The van der Waals surface area contributed by atoms with Crippen LogP contribution in [0.15, 0.2) is 36.4 Å². The largest absolute Gasteiger partial charge is 0.458 e. The predicted octanol–water partition coefficient (Wildman–Crippen LogP) is 5.82. The predicted molar refractivity (Wildman–Crippen MR) is 160 cm³/mol. The summed E-state index contributed by atoms with van der Waals surface area (Å²) < 4.78 is 139. The first kappa shape index (κ1) is 32.1. The average Bonchev–Trinajstić information content (AvgIpc) is 2.96. The molecule has 0 unspecified atom stereocenters. The van der Waals surface area contributed by atoms with E-state index in [0.29, 0.717) is 10.4 Å². The van der Waals surface area contributed by atoms with Crippen molar-refractivity contribution in [3.05, 3.63) is 94.3 Å². The lowest BCUT2D eigenvalue weighted by Crippen LogP contribution is -2.64. The summed E-state index contributed by atoms with van der Waals surface area (Å²) in [7, 11) is -10.1. The summed E-state index contributed by atoms with van der Waals surface area (Å²) in [4.78, 5) is 0. The molecule has 44 heavy (non-hydrogen) atoms. The fourth-order valence-electron chi connectivity index (χ4n) is 6.23. The van der Waals surface area contributed by atoms with Crippen molar-refractivity contribution in [2.75, 3.05) is 0 Å². The number of para-hydroxylation sites is 2. The van der Waals surface area contributed by atoms with E-state index in [-0.39, 0.29) is 16.7 Å². The molecule has 0 atom stereocenters. The molecule has 5 rings (SSSR count). The zero-order valence-corrected chi connectivity index (χ0v) is 27.8. The third-order valence-corrected chi connectivity index (χ3v) is 19.2. The molecular weight excluding hydrogens is 644 g/mol. The van der Waals surface area contributed by atoms with Crippen molar-refractivity contribution in [2.24, 2.45) is 0 Å². The molecular formula is C31H27F9OSi3. The summed E-state index contributed by atoms with van der Waals surface area (Å²) in [6.45, 7) is 10.9. The number of fused-ring (bicyclic) bond motifs is 2. The van der Waals surface area contributed by atoms with Crippen molar-refractivity contribution in [1.82, 2.24) is 0 Å². The first-order valence-corrected chi connectivity index (χ1v) is 22.6. The first-order valence-electron chi connectivity index (χ1n) is 13.6. The van der Waals surface area contributed by atoms with E-state index in [2.05, 4.69) is 0 Å². The number of benzene rings is 4. The second kappa shape index (κ2) is 10.4. The molecule has 0 spiro atoms. The van der Waals surface area contributed by atoms with E-state index in [1.807, 2.05) is 13.1 Å². The third kappa shape index (κ3) is 4.33. The smallest absolute Gasteiger partial charge is 0.200 e. The standard InChI is InChI=1S/C31H27F9OSi3/c1-14-19(32)21(34)25(38)30(20(14)33)43(4,5)17-12-8-10-15-28(17)41-29-16(42(15,2)3)11-9-13-18(29)44(6,7)31-26(39)23(36)22(35)24(37)27(31)40/h8-13H,1-7H3. The van der Waals surface area contributed by atoms with E-state index in [1.165, 1.54) is 19.2 Å². The van der Waals surface area contributed by atoms with Gasteiger partial charge in [-0.25, -0.2) is 39.5 Å². The van der Waals surface area contributed by atoms with Crippen LogP contribution in [0.25, 0.3) is 0 Å². The van der Waals surface area contributed by atoms with Crippen molar-refractivity contribution >= 4 is 55.3 Å². The van der Waals surface area contributed by atoms with Gasteiger partial charge in [0.15, 0.2) is 40.7 Å². The van der Waals surface area contributed by atoms with Gasteiger partial charge < -0.3 is 4.74 Å². The fourth-order valence-corrected chi connectivity index (χ4v) is 15.1. The van der Waals surface area contributed by atoms with Gasteiger partial charge in [0.05, 0.1) is 0 Å². The minimum Gasteiger partial charge on any atom is -0.458 e. The zero-order chi connectivity index (χ0) is 32.8. The minimum absolute atomic E-state index is 0.178. The second-order valence-electron chi connectivity index (χ2n) is 12.5. The lowest BCUT2D eigenvalue weighted by molar-refractivity contribution is 0.383. The lowest BCUT2D eigenvalue weighted by Gasteiger charge is -2.39. The number of halogens is 9. The maximum Gasteiger partial charge on any atom is 0.200 e. The van der Waals surface area contributed by atoms with Gasteiger partial charge in [0, 0.05) is 15.9 Å². The summed E-state index contributed by atoms with van der Waals surface area (Å²) in [6, 6.07) is 9.99. The van der Waals surface area contributed by atoms with Crippen LogP contribution in [0.5, 0.6) is 11.5 Å². The molecule has 1 heterocycles. The molecule has 0 N–H and O–H groups in total. The van der Waals surface area contributed by atoms with E-state index in [1.54, 1.807) is 43.4 Å². The summed E-state index contributed by atoms with van der Waals surface area (Å²) in [5.74, 6) is -16.0. The van der Waals surface area contributed by atoms with Gasteiger partial charge in [-0.1, -0.05) is 75.7 Å². The average molecular weight is 671 g/mol. The lowest BCUT2D eigenvalue weighted by atomic mass is 10.2. The number of hydrogen-bond acceptors (Lipinski definition) is 1. The van der Waals surface area contributed by atoms with Crippen LogP contribution < -0.4 is 35.9 Å². The van der Waals surface area contributed by atoms with E-state index < -0.39 is 92.5 Å². The van der Waals surface area contributed by atoms with Crippen LogP contribution in [0.3, 0.4) is 0 Å². The van der Waals surface area contributed by atoms with Gasteiger partial charge in [0.25, 0.3) is 0 Å².